The van der Waals surface area contributed by atoms with Gasteiger partial charge in [-0.3, -0.25) is 4.99 Å². The maximum Gasteiger partial charge on any atom is 0.194 e. The van der Waals surface area contributed by atoms with E-state index in [4.69, 9.17) is 0 Å². The molecular formula is C11H15N3. The van der Waals surface area contributed by atoms with E-state index in [1.807, 2.05) is 25.1 Å². The van der Waals surface area contributed by atoms with Crippen LogP contribution < -0.4 is 5.32 Å². The Morgan fingerprint density at radius 3 is 2.57 bits per heavy atom. The molecule has 0 aromatic heterocycles. The standard InChI is InChI=1S/C11H15N3/c1-14(2)11-12-8-10(13-11)9-6-4-3-5-7-9/h3-7,10H,8H2,1-2H3,(H,12,13). The number of nitrogens with zero attached hydrogens (tertiary/aromatic N) is 2. The van der Waals surface area contributed by atoms with Crippen molar-refractivity contribution in [1.82, 2.24) is 10.2 Å². The predicted molar refractivity (Wildman–Crippen MR) is 58.3 cm³/mol. The Hall–Kier alpha value is -1.51. The van der Waals surface area contributed by atoms with Crippen molar-refractivity contribution in [3.8, 4) is 0 Å². The Bertz CT molecular complexity index is 330. The minimum Gasteiger partial charge on any atom is -0.349 e. The van der Waals surface area contributed by atoms with Crippen LogP contribution in [0.1, 0.15) is 11.6 Å². The summed E-state index contributed by atoms with van der Waals surface area (Å²) in [4.78, 5) is 6.43. The molecular weight excluding hydrogens is 174 g/mol. The highest BCUT2D eigenvalue weighted by molar-refractivity contribution is 5.81. The molecule has 1 unspecified atom stereocenters. The van der Waals surface area contributed by atoms with Crippen molar-refractivity contribution in [3.63, 3.8) is 0 Å². The lowest BCUT2D eigenvalue weighted by Crippen LogP contribution is -2.34. The molecule has 0 spiro atoms. The van der Waals surface area contributed by atoms with Gasteiger partial charge in [-0.05, 0) is 5.56 Å². The van der Waals surface area contributed by atoms with Crippen LogP contribution in [0.15, 0.2) is 35.3 Å². The van der Waals surface area contributed by atoms with Gasteiger partial charge in [-0.25, -0.2) is 0 Å². The van der Waals surface area contributed by atoms with E-state index in [1.54, 1.807) is 0 Å². The molecule has 0 fully saturated rings. The van der Waals surface area contributed by atoms with Gasteiger partial charge in [0.05, 0.1) is 12.6 Å². The first-order chi connectivity index (χ1) is 6.77. The van der Waals surface area contributed by atoms with E-state index >= 15 is 0 Å². The Labute approximate surface area is 84.5 Å². The fourth-order valence-corrected chi connectivity index (χ4v) is 1.57. The summed E-state index contributed by atoms with van der Waals surface area (Å²) in [6, 6.07) is 10.8. The molecule has 0 saturated carbocycles. The van der Waals surface area contributed by atoms with Gasteiger partial charge in [-0.2, -0.15) is 0 Å². The van der Waals surface area contributed by atoms with Crippen molar-refractivity contribution in [2.75, 3.05) is 20.6 Å². The van der Waals surface area contributed by atoms with E-state index in [-0.39, 0.29) is 0 Å². The Kier molecular flexibility index (Phi) is 2.39. The van der Waals surface area contributed by atoms with Crippen molar-refractivity contribution in [1.29, 1.82) is 0 Å². The highest BCUT2D eigenvalue weighted by atomic mass is 15.3. The topological polar surface area (TPSA) is 27.6 Å². The van der Waals surface area contributed by atoms with Crippen LogP contribution in [-0.2, 0) is 0 Å². The van der Waals surface area contributed by atoms with Crippen LogP contribution in [0.2, 0.25) is 0 Å². The van der Waals surface area contributed by atoms with Gasteiger partial charge in [-0.1, -0.05) is 30.3 Å². The highest BCUT2D eigenvalue weighted by Gasteiger charge is 2.19. The average molecular weight is 189 g/mol. The van der Waals surface area contributed by atoms with E-state index in [9.17, 15) is 0 Å². The summed E-state index contributed by atoms with van der Waals surface area (Å²) in [5.74, 6) is 0.971. The molecule has 74 valence electrons. The average Bonchev–Trinajstić information content (AvgIpc) is 2.68. The van der Waals surface area contributed by atoms with Crippen LogP contribution in [0.5, 0.6) is 0 Å². The molecule has 1 N–H and O–H groups in total. The van der Waals surface area contributed by atoms with Crippen LogP contribution in [0.4, 0.5) is 0 Å². The predicted octanol–water partition coefficient (Wildman–Crippen LogP) is 1.25. The van der Waals surface area contributed by atoms with E-state index in [1.165, 1.54) is 5.56 Å². The fourth-order valence-electron chi connectivity index (χ4n) is 1.57. The van der Waals surface area contributed by atoms with Gasteiger partial charge in [0.1, 0.15) is 0 Å². The Morgan fingerprint density at radius 2 is 2.00 bits per heavy atom. The maximum atomic E-state index is 4.42. The summed E-state index contributed by atoms with van der Waals surface area (Å²) in [5, 5.41) is 3.38. The van der Waals surface area contributed by atoms with Crippen LogP contribution in [0.25, 0.3) is 0 Å². The first-order valence-corrected chi connectivity index (χ1v) is 4.80. The molecule has 3 nitrogen and oxygen atoms in total. The van der Waals surface area contributed by atoms with Crippen molar-refractivity contribution in [2.24, 2.45) is 4.99 Å². The summed E-state index contributed by atoms with van der Waals surface area (Å²) in [6.07, 6.45) is 0. The molecule has 1 aliphatic rings. The largest absolute Gasteiger partial charge is 0.349 e. The smallest absolute Gasteiger partial charge is 0.194 e. The molecule has 1 heterocycles. The lowest BCUT2D eigenvalue weighted by Gasteiger charge is -2.16. The maximum absolute atomic E-state index is 4.42. The fraction of sp³-hybridized carbons (Fsp3) is 0.364. The lowest BCUT2D eigenvalue weighted by molar-refractivity contribution is 0.583. The molecule has 1 aliphatic heterocycles. The number of benzene rings is 1. The van der Waals surface area contributed by atoms with Crippen molar-refractivity contribution in [3.05, 3.63) is 35.9 Å². The summed E-state index contributed by atoms with van der Waals surface area (Å²) < 4.78 is 0. The van der Waals surface area contributed by atoms with Crippen LogP contribution in [0, 0.1) is 0 Å². The summed E-state index contributed by atoms with van der Waals surface area (Å²) >= 11 is 0. The number of nitrogens with one attached hydrogen (secondary N) is 1. The number of hydrogen-bond acceptors (Lipinski definition) is 3. The van der Waals surface area contributed by atoms with E-state index in [2.05, 4.69) is 34.6 Å². The van der Waals surface area contributed by atoms with E-state index in [0.29, 0.717) is 6.04 Å². The molecule has 0 bridgehead atoms. The zero-order valence-electron chi connectivity index (χ0n) is 8.57. The highest BCUT2D eigenvalue weighted by Crippen LogP contribution is 2.16. The van der Waals surface area contributed by atoms with Gasteiger partial charge in [-0.15, -0.1) is 0 Å². The molecule has 14 heavy (non-hydrogen) atoms. The van der Waals surface area contributed by atoms with Crippen molar-refractivity contribution >= 4 is 5.96 Å². The summed E-state index contributed by atoms with van der Waals surface area (Å²) in [6.45, 7) is 0.831. The second-order valence-electron chi connectivity index (χ2n) is 3.67. The zero-order chi connectivity index (χ0) is 9.97. The van der Waals surface area contributed by atoms with Gasteiger partial charge in [0.15, 0.2) is 5.96 Å². The molecule has 0 radical (unpaired) electrons. The van der Waals surface area contributed by atoms with Gasteiger partial charge in [0.2, 0.25) is 0 Å². The second kappa shape index (κ2) is 3.70. The Morgan fingerprint density at radius 1 is 1.29 bits per heavy atom. The van der Waals surface area contributed by atoms with Crippen LogP contribution in [-0.4, -0.2) is 31.5 Å². The number of rotatable bonds is 1. The van der Waals surface area contributed by atoms with Crippen molar-refractivity contribution in [2.45, 2.75) is 6.04 Å². The number of guanidine groups is 1. The summed E-state index contributed by atoms with van der Waals surface area (Å²) in [7, 11) is 4.00. The lowest BCUT2D eigenvalue weighted by atomic mass is 10.1. The van der Waals surface area contributed by atoms with E-state index < -0.39 is 0 Å². The third kappa shape index (κ3) is 1.71. The Balaban J connectivity index is 2.06. The molecule has 2 rings (SSSR count). The minimum absolute atomic E-state index is 0.341. The monoisotopic (exact) mass is 189 g/mol. The number of hydrogen-bond donors (Lipinski definition) is 1. The minimum atomic E-state index is 0.341. The SMILES string of the molecule is CN(C)C1=NCC(c2ccccc2)N1. The van der Waals surface area contributed by atoms with Crippen molar-refractivity contribution < 1.29 is 0 Å². The second-order valence-corrected chi connectivity index (χ2v) is 3.67. The van der Waals surface area contributed by atoms with Crippen LogP contribution in [0.3, 0.4) is 0 Å². The van der Waals surface area contributed by atoms with Gasteiger partial charge in [0.25, 0.3) is 0 Å². The molecule has 1 atom stereocenters. The molecule has 1 aromatic carbocycles. The van der Waals surface area contributed by atoms with Gasteiger partial charge in [0, 0.05) is 14.1 Å². The van der Waals surface area contributed by atoms with Gasteiger partial charge < -0.3 is 10.2 Å². The third-order valence-corrected chi connectivity index (χ3v) is 2.35. The molecule has 0 aliphatic carbocycles. The molecule has 0 amide bonds. The van der Waals surface area contributed by atoms with E-state index in [0.717, 1.165) is 12.5 Å². The quantitative estimate of drug-likeness (QED) is 0.720. The molecule has 0 saturated heterocycles. The first-order valence-electron chi connectivity index (χ1n) is 4.80. The first kappa shape index (κ1) is 9.06. The third-order valence-electron chi connectivity index (χ3n) is 2.35. The summed E-state index contributed by atoms with van der Waals surface area (Å²) in [5.41, 5.74) is 1.30. The van der Waals surface area contributed by atoms with Gasteiger partial charge >= 0.3 is 0 Å². The number of aliphatic imine (C=N–C) groups is 1. The normalized spacial score (nSPS) is 20.1. The van der Waals surface area contributed by atoms with Crippen LogP contribution >= 0.6 is 0 Å². The molecule has 3 heteroatoms. The molecule has 1 aromatic rings. The zero-order valence-corrected chi connectivity index (χ0v) is 8.57.